The third kappa shape index (κ3) is 5.20. The zero-order valence-corrected chi connectivity index (χ0v) is 13.2. The van der Waals surface area contributed by atoms with E-state index in [0.717, 1.165) is 11.1 Å². The fraction of sp³-hybridized carbons (Fsp3) is 0.389. The predicted octanol–water partition coefficient (Wildman–Crippen LogP) is 3.58. The lowest BCUT2D eigenvalue weighted by Crippen LogP contribution is -1.99. The Morgan fingerprint density at radius 1 is 1.05 bits per heavy atom. The van der Waals surface area contributed by atoms with Crippen molar-refractivity contribution in [3.05, 3.63) is 52.1 Å². The third-order valence-electron chi connectivity index (χ3n) is 3.32. The van der Waals surface area contributed by atoms with Crippen molar-refractivity contribution in [3.63, 3.8) is 0 Å². The monoisotopic (exact) mass is 288 g/mol. The van der Waals surface area contributed by atoms with Crippen LogP contribution < -0.4 is 0 Å². The van der Waals surface area contributed by atoms with Crippen LogP contribution in [0.25, 0.3) is 0 Å². The summed E-state index contributed by atoms with van der Waals surface area (Å²) in [4.78, 5) is 11.6. The van der Waals surface area contributed by atoms with E-state index < -0.39 is 0 Å². The van der Waals surface area contributed by atoms with Gasteiger partial charge in [0.25, 0.3) is 0 Å². The molecule has 114 valence electrons. The molecule has 0 spiro atoms. The van der Waals surface area contributed by atoms with Crippen molar-refractivity contribution in [2.45, 2.75) is 40.5 Å². The third-order valence-corrected chi connectivity index (χ3v) is 3.32. The number of carbonyl (C=O) groups is 1. The molecule has 0 heterocycles. The lowest BCUT2D eigenvalue weighted by Gasteiger charge is -2.10. The molecule has 3 nitrogen and oxygen atoms in total. The summed E-state index contributed by atoms with van der Waals surface area (Å²) in [6.45, 7) is 7.35. The molecule has 0 aliphatic carbocycles. The van der Waals surface area contributed by atoms with Gasteiger partial charge in [0.15, 0.2) is 5.78 Å². The quantitative estimate of drug-likeness (QED) is 0.621. The Balaban J connectivity index is 3.22. The number of aromatic hydroxyl groups is 1. The van der Waals surface area contributed by atoms with Crippen molar-refractivity contribution in [3.8, 4) is 5.75 Å². The molecule has 3 heteroatoms. The first kappa shape index (κ1) is 17.2. The number of phenolic OH excluding ortho intramolecular Hbond substituents is 1. The molecular weight excluding hydrogens is 264 g/mol. The molecule has 0 amide bonds. The lowest BCUT2D eigenvalue weighted by atomic mass is 9.97. The van der Waals surface area contributed by atoms with Crippen LogP contribution in [0, 0.1) is 0 Å². The summed E-state index contributed by atoms with van der Waals surface area (Å²) < 4.78 is 0. The highest BCUT2D eigenvalue weighted by Crippen LogP contribution is 2.27. The maximum absolute atomic E-state index is 11.6. The van der Waals surface area contributed by atoms with E-state index in [1.54, 1.807) is 12.1 Å². The van der Waals surface area contributed by atoms with E-state index in [-0.39, 0.29) is 18.1 Å². The van der Waals surface area contributed by atoms with Crippen molar-refractivity contribution in [2.24, 2.45) is 0 Å². The highest BCUT2D eigenvalue weighted by Gasteiger charge is 2.11. The number of rotatable bonds is 6. The first-order valence-corrected chi connectivity index (χ1v) is 7.10. The van der Waals surface area contributed by atoms with Gasteiger partial charge in [0.1, 0.15) is 5.75 Å². The Labute approximate surface area is 126 Å². The molecule has 2 N–H and O–H groups in total. The van der Waals surface area contributed by atoms with Crippen LogP contribution in [0.2, 0.25) is 0 Å². The maximum Gasteiger partial charge on any atom is 0.159 e. The molecular formula is C18H24O3. The molecule has 21 heavy (non-hydrogen) atoms. The summed E-state index contributed by atoms with van der Waals surface area (Å²) in [5, 5.41) is 19.4. The fourth-order valence-electron chi connectivity index (χ4n) is 1.94. The highest BCUT2D eigenvalue weighted by atomic mass is 16.3. The number of hydrogen-bond acceptors (Lipinski definition) is 3. The van der Waals surface area contributed by atoms with Crippen LogP contribution in [0.3, 0.4) is 0 Å². The van der Waals surface area contributed by atoms with Gasteiger partial charge in [-0.1, -0.05) is 23.3 Å². The van der Waals surface area contributed by atoms with E-state index >= 15 is 0 Å². The molecule has 0 atom stereocenters. The first-order chi connectivity index (χ1) is 9.85. The van der Waals surface area contributed by atoms with Crippen molar-refractivity contribution in [1.29, 1.82) is 0 Å². The van der Waals surface area contributed by atoms with E-state index in [9.17, 15) is 9.90 Å². The number of allylic oxidation sites excluding steroid dienone is 3. The number of ketones is 1. The molecule has 0 fully saturated rings. The normalized spacial score (nSPS) is 11.4. The average molecular weight is 288 g/mol. The zero-order valence-electron chi connectivity index (χ0n) is 13.2. The second kappa shape index (κ2) is 7.79. The van der Waals surface area contributed by atoms with Crippen LogP contribution in [0.1, 0.15) is 49.2 Å². The van der Waals surface area contributed by atoms with Crippen LogP contribution in [0.15, 0.2) is 35.4 Å². The van der Waals surface area contributed by atoms with Crippen LogP contribution in [0.4, 0.5) is 0 Å². The molecule has 0 aliphatic heterocycles. The predicted molar refractivity (Wildman–Crippen MR) is 85.8 cm³/mol. The van der Waals surface area contributed by atoms with Crippen molar-refractivity contribution in [1.82, 2.24) is 0 Å². The van der Waals surface area contributed by atoms with Gasteiger partial charge in [-0.25, -0.2) is 0 Å². The van der Waals surface area contributed by atoms with Gasteiger partial charge in [0.2, 0.25) is 0 Å². The molecule has 1 aromatic carbocycles. The largest absolute Gasteiger partial charge is 0.507 e. The van der Waals surface area contributed by atoms with Crippen molar-refractivity contribution >= 4 is 5.78 Å². The number of aliphatic hydroxyl groups is 1. The Morgan fingerprint density at radius 3 is 2.00 bits per heavy atom. The topological polar surface area (TPSA) is 57.5 Å². The van der Waals surface area contributed by atoms with E-state index in [1.807, 2.05) is 32.9 Å². The van der Waals surface area contributed by atoms with Gasteiger partial charge in [-0.15, -0.1) is 0 Å². The van der Waals surface area contributed by atoms with E-state index in [4.69, 9.17) is 5.11 Å². The van der Waals surface area contributed by atoms with Crippen molar-refractivity contribution < 1.29 is 15.0 Å². The van der Waals surface area contributed by atoms with E-state index in [0.29, 0.717) is 24.0 Å². The van der Waals surface area contributed by atoms with Crippen molar-refractivity contribution in [2.75, 3.05) is 6.61 Å². The molecule has 0 unspecified atom stereocenters. The second-order valence-electron chi connectivity index (χ2n) is 5.60. The van der Waals surface area contributed by atoms with E-state index in [1.165, 1.54) is 12.5 Å². The van der Waals surface area contributed by atoms with Gasteiger partial charge in [-0.2, -0.15) is 0 Å². The summed E-state index contributed by atoms with van der Waals surface area (Å²) in [6.07, 6.45) is 4.99. The number of phenols is 1. The summed E-state index contributed by atoms with van der Waals surface area (Å²) in [7, 11) is 0. The average Bonchev–Trinajstić information content (AvgIpc) is 2.43. The molecule has 1 aromatic rings. The highest BCUT2D eigenvalue weighted by molar-refractivity contribution is 5.94. The van der Waals surface area contributed by atoms with Crippen LogP contribution in [-0.4, -0.2) is 22.6 Å². The van der Waals surface area contributed by atoms with Gasteiger partial charge in [-0.3, -0.25) is 4.79 Å². The Morgan fingerprint density at radius 2 is 1.57 bits per heavy atom. The van der Waals surface area contributed by atoms with Gasteiger partial charge >= 0.3 is 0 Å². The summed E-state index contributed by atoms with van der Waals surface area (Å²) in [5.41, 5.74) is 4.09. The minimum Gasteiger partial charge on any atom is -0.507 e. The molecule has 0 radical (unpaired) electrons. The SMILES string of the molecule is CC(=O)c1cc(CC=C(C)C)c(O)c(CC=C(C)CO)c1. The maximum atomic E-state index is 11.6. The molecule has 0 bridgehead atoms. The van der Waals surface area contributed by atoms with Crippen LogP contribution >= 0.6 is 0 Å². The zero-order chi connectivity index (χ0) is 16.0. The summed E-state index contributed by atoms with van der Waals surface area (Å²) in [6, 6.07) is 3.48. The fourth-order valence-corrected chi connectivity index (χ4v) is 1.94. The first-order valence-electron chi connectivity index (χ1n) is 7.10. The molecule has 0 saturated heterocycles. The van der Waals surface area contributed by atoms with Gasteiger partial charge in [0, 0.05) is 5.56 Å². The molecule has 0 aromatic heterocycles. The Bertz CT molecular complexity index is 576. The minimum absolute atomic E-state index is 0.00220. The minimum atomic E-state index is -0.0161. The van der Waals surface area contributed by atoms with Crippen LogP contribution in [0.5, 0.6) is 5.75 Å². The Hall–Kier alpha value is -1.87. The number of benzene rings is 1. The Kier molecular flexibility index (Phi) is 6.38. The lowest BCUT2D eigenvalue weighted by molar-refractivity contribution is 0.101. The van der Waals surface area contributed by atoms with Gasteiger partial charge < -0.3 is 10.2 Å². The number of aliphatic hydroxyl groups excluding tert-OH is 1. The number of hydrogen-bond donors (Lipinski definition) is 2. The van der Waals surface area contributed by atoms with E-state index in [2.05, 4.69) is 0 Å². The van der Waals surface area contributed by atoms with Crippen LogP contribution in [-0.2, 0) is 12.8 Å². The molecule has 0 saturated carbocycles. The second-order valence-corrected chi connectivity index (χ2v) is 5.60. The van der Waals surface area contributed by atoms with Gasteiger partial charge in [-0.05, 0) is 63.8 Å². The summed E-state index contributed by atoms with van der Waals surface area (Å²) in [5.74, 6) is 0.219. The number of Topliss-reactive ketones (excluding diaryl/α,β-unsaturated/α-hetero) is 1. The standard InChI is InChI=1S/C18H24O3/c1-12(2)5-7-15-9-17(14(4)20)10-16(18(15)21)8-6-13(3)11-19/h5-6,9-10,19,21H,7-8,11H2,1-4H3. The number of carbonyl (C=O) groups excluding carboxylic acids is 1. The smallest absolute Gasteiger partial charge is 0.159 e. The van der Waals surface area contributed by atoms with Gasteiger partial charge in [0.05, 0.1) is 6.61 Å². The summed E-state index contributed by atoms with van der Waals surface area (Å²) >= 11 is 0. The molecule has 1 rings (SSSR count). The molecule has 0 aliphatic rings.